The van der Waals surface area contributed by atoms with Crippen LogP contribution in [0.4, 0.5) is 8.78 Å². The maximum Gasteiger partial charge on any atom is 0.129 e. The molecule has 1 aromatic heterocycles. The quantitative estimate of drug-likeness (QED) is 0.915. The molecule has 0 bridgehead atoms. The number of aliphatic hydroxyl groups is 1. The number of benzene rings is 1. The van der Waals surface area contributed by atoms with Gasteiger partial charge >= 0.3 is 0 Å². The van der Waals surface area contributed by atoms with Gasteiger partial charge in [-0.1, -0.05) is 0 Å². The molecule has 1 atom stereocenters. The van der Waals surface area contributed by atoms with E-state index in [2.05, 4.69) is 0 Å². The van der Waals surface area contributed by atoms with Gasteiger partial charge < -0.3 is 9.52 Å². The molecule has 2 rings (SSSR count). The molecule has 1 N–H and O–H groups in total. The third-order valence-corrected chi connectivity index (χ3v) is 3.21. The number of aryl methyl sites for hydroxylation is 1. The number of hydrogen-bond donors (Lipinski definition) is 1. The van der Waals surface area contributed by atoms with Gasteiger partial charge in [0.15, 0.2) is 0 Å². The maximum absolute atomic E-state index is 13.6. The van der Waals surface area contributed by atoms with E-state index in [-0.39, 0.29) is 12.1 Å². The molecular formula is C15H17F2NO2. The highest BCUT2D eigenvalue weighted by Crippen LogP contribution is 2.20. The summed E-state index contributed by atoms with van der Waals surface area (Å²) >= 11 is 0. The zero-order valence-corrected chi connectivity index (χ0v) is 11.4. The van der Waals surface area contributed by atoms with Crippen molar-refractivity contribution >= 4 is 0 Å². The highest BCUT2D eigenvalue weighted by Gasteiger charge is 2.16. The summed E-state index contributed by atoms with van der Waals surface area (Å²) in [5.74, 6) is -0.358. The number of rotatable bonds is 5. The fourth-order valence-corrected chi connectivity index (χ4v) is 2.09. The van der Waals surface area contributed by atoms with Crippen molar-refractivity contribution in [3.8, 4) is 0 Å². The normalized spacial score (nSPS) is 12.9. The summed E-state index contributed by atoms with van der Waals surface area (Å²) in [5.41, 5.74) is 0.972. The van der Waals surface area contributed by atoms with Crippen molar-refractivity contribution < 1.29 is 18.3 Å². The van der Waals surface area contributed by atoms with Crippen LogP contribution >= 0.6 is 0 Å². The molecule has 0 saturated carbocycles. The van der Waals surface area contributed by atoms with Gasteiger partial charge in [0.1, 0.15) is 17.4 Å². The molecule has 5 heteroatoms. The van der Waals surface area contributed by atoms with Crippen molar-refractivity contribution in [3.63, 3.8) is 0 Å². The minimum Gasteiger partial charge on any atom is -0.469 e. The summed E-state index contributed by atoms with van der Waals surface area (Å²) in [4.78, 5) is 1.83. The Balaban J connectivity index is 2.02. The van der Waals surface area contributed by atoms with Gasteiger partial charge in [-0.15, -0.1) is 0 Å². The Morgan fingerprint density at radius 3 is 2.70 bits per heavy atom. The van der Waals surface area contributed by atoms with Crippen LogP contribution in [0.1, 0.15) is 23.0 Å². The van der Waals surface area contributed by atoms with Crippen LogP contribution < -0.4 is 0 Å². The lowest BCUT2D eigenvalue weighted by molar-refractivity contribution is 0.120. The SMILES string of the molecule is Cc1occc1CN(C)CC(O)c1cc(F)ccc1F. The monoisotopic (exact) mass is 281 g/mol. The lowest BCUT2D eigenvalue weighted by atomic mass is 10.1. The van der Waals surface area contributed by atoms with Crippen molar-refractivity contribution in [3.05, 3.63) is 59.1 Å². The van der Waals surface area contributed by atoms with Gasteiger partial charge in [0.25, 0.3) is 0 Å². The molecule has 0 spiro atoms. The number of likely N-dealkylation sites (N-methyl/N-ethyl adjacent to an activating group) is 1. The first kappa shape index (κ1) is 14.7. The van der Waals surface area contributed by atoms with Crippen LogP contribution in [0, 0.1) is 18.6 Å². The molecule has 20 heavy (non-hydrogen) atoms. The van der Waals surface area contributed by atoms with Gasteiger partial charge in [-0.25, -0.2) is 8.78 Å². The van der Waals surface area contributed by atoms with E-state index < -0.39 is 17.7 Å². The third-order valence-electron chi connectivity index (χ3n) is 3.21. The second-order valence-corrected chi connectivity index (χ2v) is 4.88. The van der Waals surface area contributed by atoms with Gasteiger partial charge in [-0.3, -0.25) is 4.90 Å². The van der Waals surface area contributed by atoms with Gasteiger partial charge in [-0.05, 0) is 38.2 Å². The van der Waals surface area contributed by atoms with Crippen molar-refractivity contribution in [2.24, 2.45) is 0 Å². The fraction of sp³-hybridized carbons (Fsp3) is 0.333. The predicted octanol–water partition coefficient (Wildman–Crippen LogP) is 3.03. The molecular weight excluding hydrogens is 264 g/mol. The molecule has 108 valence electrons. The predicted molar refractivity (Wildman–Crippen MR) is 71.1 cm³/mol. The minimum atomic E-state index is -1.08. The highest BCUT2D eigenvalue weighted by molar-refractivity contribution is 5.21. The summed E-state index contributed by atoms with van der Waals surface area (Å²) in [6, 6.07) is 4.93. The second kappa shape index (κ2) is 6.15. The smallest absolute Gasteiger partial charge is 0.129 e. The zero-order valence-electron chi connectivity index (χ0n) is 11.4. The Bertz CT molecular complexity index is 583. The molecule has 1 heterocycles. The molecule has 1 aromatic carbocycles. The van der Waals surface area contributed by atoms with Crippen molar-refractivity contribution in [1.29, 1.82) is 0 Å². The number of aliphatic hydroxyl groups excluding tert-OH is 1. The average molecular weight is 281 g/mol. The number of nitrogens with zero attached hydrogens (tertiary/aromatic N) is 1. The largest absolute Gasteiger partial charge is 0.469 e. The van der Waals surface area contributed by atoms with Crippen LogP contribution in [0.25, 0.3) is 0 Å². The lowest BCUT2D eigenvalue weighted by Gasteiger charge is -2.21. The van der Waals surface area contributed by atoms with E-state index in [4.69, 9.17) is 4.42 Å². The maximum atomic E-state index is 13.6. The summed E-state index contributed by atoms with van der Waals surface area (Å²) in [6.07, 6.45) is 0.518. The Labute approximate surface area is 116 Å². The molecule has 0 fully saturated rings. The first-order valence-electron chi connectivity index (χ1n) is 6.32. The molecule has 0 saturated heterocycles. The van der Waals surface area contributed by atoms with E-state index in [1.807, 2.05) is 17.9 Å². The number of halogens is 2. The number of furan rings is 1. The molecule has 0 amide bonds. The van der Waals surface area contributed by atoms with E-state index in [9.17, 15) is 13.9 Å². The van der Waals surface area contributed by atoms with Gasteiger partial charge in [0.2, 0.25) is 0 Å². The standard InChI is InChI=1S/C15H17F2NO2/c1-10-11(5-6-20-10)8-18(2)9-15(19)13-7-12(16)3-4-14(13)17/h3-7,15,19H,8-9H2,1-2H3. The highest BCUT2D eigenvalue weighted by atomic mass is 19.1. The molecule has 3 nitrogen and oxygen atoms in total. The molecule has 0 aliphatic heterocycles. The summed E-state index contributed by atoms with van der Waals surface area (Å²) in [5, 5.41) is 10.0. The molecule has 1 unspecified atom stereocenters. The molecule has 0 aliphatic carbocycles. The van der Waals surface area contributed by atoms with Gasteiger partial charge in [0, 0.05) is 24.2 Å². The Hall–Kier alpha value is -1.72. The lowest BCUT2D eigenvalue weighted by Crippen LogP contribution is -2.25. The van der Waals surface area contributed by atoms with Crippen molar-refractivity contribution in [2.75, 3.05) is 13.6 Å². The Morgan fingerprint density at radius 2 is 2.05 bits per heavy atom. The van der Waals surface area contributed by atoms with E-state index >= 15 is 0 Å². The van der Waals surface area contributed by atoms with Crippen LogP contribution in [0.5, 0.6) is 0 Å². The van der Waals surface area contributed by atoms with Crippen molar-refractivity contribution in [2.45, 2.75) is 19.6 Å². The van der Waals surface area contributed by atoms with Crippen LogP contribution in [0.15, 0.2) is 34.9 Å². The van der Waals surface area contributed by atoms with Crippen LogP contribution in [0.3, 0.4) is 0 Å². The summed E-state index contributed by atoms with van der Waals surface area (Å²) < 4.78 is 31.8. The molecule has 0 radical (unpaired) electrons. The second-order valence-electron chi connectivity index (χ2n) is 4.88. The van der Waals surface area contributed by atoms with Gasteiger partial charge in [-0.2, -0.15) is 0 Å². The van der Waals surface area contributed by atoms with E-state index in [0.717, 1.165) is 29.5 Å². The van der Waals surface area contributed by atoms with Crippen LogP contribution in [-0.2, 0) is 6.54 Å². The fourth-order valence-electron chi connectivity index (χ4n) is 2.09. The van der Waals surface area contributed by atoms with Crippen LogP contribution in [-0.4, -0.2) is 23.6 Å². The van der Waals surface area contributed by atoms with E-state index in [1.165, 1.54) is 0 Å². The molecule has 0 aliphatic rings. The van der Waals surface area contributed by atoms with Crippen molar-refractivity contribution in [1.82, 2.24) is 4.90 Å². The average Bonchev–Trinajstić information content (AvgIpc) is 2.77. The topological polar surface area (TPSA) is 36.6 Å². The van der Waals surface area contributed by atoms with E-state index in [0.29, 0.717) is 6.54 Å². The summed E-state index contributed by atoms with van der Waals surface area (Å²) in [7, 11) is 1.80. The van der Waals surface area contributed by atoms with E-state index in [1.54, 1.807) is 13.3 Å². The first-order valence-corrected chi connectivity index (χ1v) is 6.32. The molecule has 2 aromatic rings. The third kappa shape index (κ3) is 3.43. The summed E-state index contributed by atoms with van der Waals surface area (Å²) in [6.45, 7) is 2.62. The van der Waals surface area contributed by atoms with Crippen LogP contribution in [0.2, 0.25) is 0 Å². The zero-order chi connectivity index (χ0) is 14.7. The number of hydrogen-bond acceptors (Lipinski definition) is 3. The van der Waals surface area contributed by atoms with Gasteiger partial charge in [0.05, 0.1) is 12.4 Å². The Kier molecular flexibility index (Phi) is 4.52. The minimum absolute atomic E-state index is 0.0271. The Morgan fingerprint density at radius 1 is 1.30 bits per heavy atom. The first-order chi connectivity index (χ1) is 9.47.